The lowest BCUT2D eigenvalue weighted by Gasteiger charge is -2.35. The van der Waals surface area contributed by atoms with Gasteiger partial charge in [-0.2, -0.15) is 0 Å². The number of aryl methyl sites for hydroxylation is 2. The first-order valence-electron chi connectivity index (χ1n) is 14.2. The van der Waals surface area contributed by atoms with Crippen LogP contribution in [0.4, 0.5) is 0 Å². The SMILES string of the molecule is Cn1c(CN(CCc2ccc(CNC(=O)c3c(Cl)cncc3Cl)cc2)C2CCCc3cccnc32)nc2ccccc21. The summed E-state index contributed by atoms with van der Waals surface area (Å²) in [5.41, 5.74) is 7.18. The summed E-state index contributed by atoms with van der Waals surface area (Å²) in [5.74, 6) is 0.732. The maximum Gasteiger partial charge on any atom is 0.254 e. The minimum Gasteiger partial charge on any atom is -0.348 e. The molecule has 1 N–H and O–H groups in total. The van der Waals surface area contributed by atoms with Crippen molar-refractivity contribution in [2.24, 2.45) is 7.05 Å². The third kappa shape index (κ3) is 6.04. The molecular weight excluding hydrogens is 567 g/mol. The van der Waals surface area contributed by atoms with Crippen LogP contribution in [0.3, 0.4) is 0 Å². The number of benzene rings is 2. The lowest BCUT2D eigenvalue weighted by atomic mass is 9.90. The Labute approximate surface area is 255 Å². The van der Waals surface area contributed by atoms with Gasteiger partial charge >= 0.3 is 0 Å². The molecule has 1 aliphatic carbocycles. The van der Waals surface area contributed by atoms with Crippen molar-refractivity contribution in [3.63, 3.8) is 0 Å². The van der Waals surface area contributed by atoms with E-state index in [0.29, 0.717) is 6.54 Å². The van der Waals surface area contributed by atoms with E-state index in [9.17, 15) is 4.79 Å². The number of halogens is 2. The highest BCUT2D eigenvalue weighted by atomic mass is 35.5. The number of hydrogen-bond acceptors (Lipinski definition) is 5. The summed E-state index contributed by atoms with van der Waals surface area (Å²) >= 11 is 12.3. The van der Waals surface area contributed by atoms with Crippen molar-refractivity contribution in [3.8, 4) is 0 Å². The van der Waals surface area contributed by atoms with Gasteiger partial charge in [-0.05, 0) is 60.6 Å². The second-order valence-electron chi connectivity index (χ2n) is 10.7. The third-order valence-electron chi connectivity index (χ3n) is 8.07. The molecule has 0 bridgehead atoms. The fourth-order valence-electron chi connectivity index (χ4n) is 5.80. The molecule has 2 aromatic carbocycles. The molecule has 3 heterocycles. The van der Waals surface area contributed by atoms with Crippen molar-refractivity contribution in [1.82, 2.24) is 29.7 Å². The van der Waals surface area contributed by atoms with E-state index >= 15 is 0 Å². The quantitative estimate of drug-likeness (QED) is 0.204. The summed E-state index contributed by atoms with van der Waals surface area (Å²) in [6.07, 6.45) is 8.95. The highest BCUT2D eigenvalue weighted by Crippen LogP contribution is 2.34. The van der Waals surface area contributed by atoms with E-state index in [4.69, 9.17) is 33.2 Å². The molecule has 5 aromatic rings. The summed E-state index contributed by atoms with van der Waals surface area (Å²) in [6.45, 7) is 1.99. The van der Waals surface area contributed by atoms with Crippen LogP contribution >= 0.6 is 23.2 Å². The average molecular weight is 600 g/mol. The number of para-hydroxylation sites is 2. The van der Waals surface area contributed by atoms with Crippen LogP contribution in [-0.4, -0.2) is 36.9 Å². The Morgan fingerprint density at radius 2 is 1.79 bits per heavy atom. The van der Waals surface area contributed by atoms with E-state index in [2.05, 4.69) is 75.3 Å². The Morgan fingerprint density at radius 3 is 2.57 bits per heavy atom. The van der Waals surface area contributed by atoms with Gasteiger partial charge in [-0.15, -0.1) is 0 Å². The number of nitrogens with zero attached hydrogens (tertiary/aromatic N) is 5. The van der Waals surface area contributed by atoms with Gasteiger partial charge in [-0.3, -0.25) is 19.7 Å². The van der Waals surface area contributed by atoms with Crippen LogP contribution in [-0.2, 0) is 33.0 Å². The molecule has 7 nitrogen and oxygen atoms in total. The van der Waals surface area contributed by atoms with Crippen LogP contribution in [0, 0.1) is 0 Å². The lowest BCUT2D eigenvalue weighted by molar-refractivity contribution is 0.0951. The number of pyridine rings is 2. The van der Waals surface area contributed by atoms with Crippen molar-refractivity contribution < 1.29 is 4.79 Å². The first-order valence-corrected chi connectivity index (χ1v) is 15.0. The van der Waals surface area contributed by atoms with E-state index in [-0.39, 0.29) is 27.6 Å². The Balaban J connectivity index is 1.16. The van der Waals surface area contributed by atoms with Crippen LogP contribution in [0.25, 0.3) is 11.0 Å². The summed E-state index contributed by atoms with van der Waals surface area (Å²) in [7, 11) is 2.10. The Kier molecular flexibility index (Phi) is 8.51. The summed E-state index contributed by atoms with van der Waals surface area (Å²) in [5, 5.41) is 3.36. The number of aromatic nitrogens is 4. The maximum atomic E-state index is 12.6. The molecule has 1 amide bonds. The van der Waals surface area contributed by atoms with Crippen molar-refractivity contribution in [1.29, 1.82) is 0 Å². The molecule has 0 saturated carbocycles. The van der Waals surface area contributed by atoms with Gasteiger partial charge in [0.2, 0.25) is 0 Å². The molecule has 6 rings (SSSR count). The first kappa shape index (κ1) is 28.3. The van der Waals surface area contributed by atoms with Crippen molar-refractivity contribution in [2.45, 2.75) is 44.8 Å². The van der Waals surface area contributed by atoms with Gasteiger partial charge in [0.1, 0.15) is 5.82 Å². The number of nitrogens with one attached hydrogen (secondary N) is 1. The van der Waals surface area contributed by atoms with Crippen molar-refractivity contribution >= 4 is 40.1 Å². The van der Waals surface area contributed by atoms with Gasteiger partial charge in [0, 0.05) is 38.7 Å². The minimum atomic E-state index is -0.324. The van der Waals surface area contributed by atoms with Gasteiger partial charge in [-0.25, -0.2) is 4.98 Å². The van der Waals surface area contributed by atoms with Gasteiger partial charge in [-0.1, -0.05) is 65.7 Å². The first-order chi connectivity index (χ1) is 20.5. The maximum absolute atomic E-state index is 12.6. The molecule has 1 aliphatic rings. The number of carbonyl (C=O) groups is 1. The van der Waals surface area contributed by atoms with Crippen LogP contribution < -0.4 is 5.32 Å². The third-order valence-corrected chi connectivity index (χ3v) is 8.65. The molecule has 9 heteroatoms. The van der Waals surface area contributed by atoms with E-state index in [0.717, 1.165) is 61.2 Å². The fourth-order valence-corrected chi connectivity index (χ4v) is 6.34. The number of carbonyl (C=O) groups excluding carboxylic acids is 1. The predicted octanol–water partition coefficient (Wildman–Crippen LogP) is 6.72. The number of rotatable bonds is 9. The molecule has 1 atom stereocenters. The molecule has 214 valence electrons. The summed E-state index contributed by atoms with van der Waals surface area (Å²) in [4.78, 5) is 28.9. The Bertz CT molecular complexity index is 1700. The van der Waals surface area contributed by atoms with Gasteiger partial charge in [0.05, 0.1) is 44.9 Å². The summed E-state index contributed by atoms with van der Waals surface area (Å²) < 4.78 is 2.21. The fraction of sp³-hybridized carbons (Fsp3) is 0.273. The standard InChI is InChI=1S/C33H32Cl2N6O/c1-40-28-9-3-2-8-27(28)39-30(40)21-41(29-10-4-6-24-7-5-16-37-32(24)29)17-15-22-11-13-23(14-12-22)18-38-33(42)31-25(34)19-36-20-26(31)35/h2-3,5,7-9,11-14,16,19-20,29H,4,6,10,15,17-18,21H2,1H3,(H,38,42). The molecule has 0 radical (unpaired) electrons. The van der Waals surface area contributed by atoms with E-state index in [1.54, 1.807) is 0 Å². The van der Waals surface area contributed by atoms with Gasteiger partial charge < -0.3 is 9.88 Å². The van der Waals surface area contributed by atoms with E-state index in [1.807, 2.05) is 18.3 Å². The van der Waals surface area contributed by atoms with Crippen molar-refractivity contribution in [3.05, 3.63) is 123 Å². The molecule has 0 spiro atoms. The lowest BCUT2D eigenvalue weighted by Crippen LogP contribution is -2.34. The van der Waals surface area contributed by atoms with E-state index < -0.39 is 0 Å². The zero-order valence-electron chi connectivity index (χ0n) is 23.4. The van der Waals surface area contributed by atoms with Gasteiger partial charge in [0.25, 0.3) is 5.91 Å². The molecule has 0 aliphatic heterocycles. The molecule has 42 heavy (non-hydrogen) atoms. The van der Waals surface area contributed by atoms with Crippen LogP contribution in [0.2, 0.25) is 10.0 Å². The van der Waals surface area contributed by atoms with Crippen LogP contribution in [0.15, 0.2) is 79.3 Å². The molecule has 0 fully saturated rings. The molecular formula is C33H32Cl2N6O. The number of imidazole rings is 1. The normalized spacial score (nSPS) is 14.7. The number of amides is 1. The number of fused-ring (bicyclic) bond motifs is 2. The van der Waals surface area contributed by atoms with Gasteiger partial charge in [0.15, 0.2) is 0 Å². The van der Waals surface area contributed by atoms with Crippen LogP contribution in [0.5, 0.6) is 0 Å². The highest BCUT2D eigenvalue weighted by molar-refractivity contribution is 6.39. The minimum absolute atomic E-state index is 0.231. The predicted molar refractivity (Wildman–Crippen MR) is 167 cm³/mol. The smallest absolute Gasteiger partial charge is 0.254 e. The topological polar surface area (TPSA) is 75.9 Å². The molecule has 3 aromatic heterocycles. The molecule has 1 unspecified atom stereocenters. The number of hydrogen-bond donors (Lipinski definition) is 1. The summed E-state index contributed by atoms with van der Waals surface area (Å²) in [6, 6.07) is 21.2. The second kappa shape index (κ2) is 12.6. The second-order valence-corrected chi connectivity index (χ2v) is 11.5. The zero-order valence-corrected chi connectivity index (χ0v) is 24.9. The Morgan fingerprint density at radius 1 is 1.02 bits per heavy atom. The molecule has 0 saturated heterocycles. The monoisotopic (exact) mass is 598 g/mol. The van der Waals surface area contributed by atoms with E-state index in [1.165, 1.54) is 29.2 Å². The Hall–Kier alpha value is -3.78. The average Bonchev–Trinajstić information content (AvgIpc) is 3.33. The highest BCUT2D eigenvalue weighted by Gasteiger charge is 2.28. The van der Waals surface area contributed by atoms with Crippen LogP contribution in [0.1, 0.15) is 57.5 Å². The largest absolute Gasteiger partial charge is 0.348 e. The zero-order chi connectivity index (χ0) is 29.1. The van der Waals surface area contributed by atoms with Crippen molar-refractivity contribution in [2.75, 3.05) is 6.54 Å².